The zero-order valence-corrected chi connectivity index (χ0v) is 14.8. The number of rotatable bonds is 5. The molecule has 1 aromatic carbocycles. The summed E-state index contributed by atoms with van der Waals surface area (Å²) in [4.78, 5) is 32.7. The summed E-state index contributed by atoms with van der Waals surface area (Å²) in [5.74, 6) is 1.18. The average molecular weight is 358 g/mol. The van der Waals surface area contributed by atoms with Gasteiger partial charge in [0.25, 0.3) is 5.91 Å². The molecule has 0 fully saturated rings. The number of para-hydroxylation sites is 1. The van der Waals surface area contributed by atoms with Crippen LogP contribution < -0.4 is 5.32 Å². The van der Waals surface area contributed by atoms with Crippen LogP contribution in [0, 0.1) is 6.92 Å². The normalized spacial score (nSPS) is 10.9. The fourth-order valence-electron chi connectivity index (χ4n) is 2.83. The van der Waals surface area contributed by atoms with E-state index in [0.29, 0.717) is 24.4 Å². The topological polar surface area (TPSA) is 96.5 Å². The van der Waals surface area contributed by atoms with Crippen LogP contribution in [0.15, 0.2) is 55.1 Å². The van der Waals surface area contributed by atoms with Crippen molar-refractivity contribution in [3.63, 3.8) is 0 Å². The monoisotopic (exact) mass is 358 g/mol. The Morgan fingerprint density at radius 3 is 2.70 bits per heavy atom. The van der Waals surface area contributed by atoms with E-state index >= 15 is 0 Å². The van der Waals surface area contributed by atoms with Crippen molar-refractivity contribution in [3.05, 3.63) is 72.1 Å². The van der Waals surface area contributed by atoms with E-state index in [1.807, 2.05) is 37.3 Å². The van der Waals surface area contributed by atoms with Gasteiger partial charge in [-0.15, -0.1) is 0 Å². The number of pyridine rings is 1. The predicted molar refractivity (Wildman–Crippen MR) is 102 cm³/mol. The SMILES string of the molecule is Cc1cccc2[nH]c(CCNC(=O)c3cnc(-c4cccnc4)nc3)nc12. The number of H-pyrrole nitrogens is 1. The molecule has 3 aromatic heterocycles. The van der Waals surface area contributed by atoms with E-state index in [4.69, 9.17) is 0 Å². The van der Waals surface area contributed by atoms with Crippen LogP contribution in [0.3, 0.4) is 0 Å². The molecule has 3 heterocycles. The fourth-order valence-corrected chi connectivity index (χ4v) is 2.83. The molecule has 0 saturated carbocycles. The molecule has 0 spiro atoms. The van der Waals surface area contributed by atoms with Gasteiger partial charge in [-0.3, -0.25) is 9.78 Å². The van der Waals surface area contributed by atoms with E-state index in [9.17, 15) is 4.79 Å². The first-order valence-corrected chi connectivity index (χ1v) is 8.65. The summed E-state index contributed by atoms with van der Waals surface area (Å²) in [6, 6.07) is 9.72. The average Bonchev–Trinajstić information content (AvgIpc) is 3.13. The van der Waals surface area contributed by atoms with Crippen LogP contribution in [0.2, 0.25) is 0 Å². The highest BCUT2D eigenvalue weighted by Gasteiger charge is 2.09. The minimum Gasteiger partial charge on any atom is -0.351 e. The van der Waals surface area contributed by atoms with Gasteiger partial charge in [0.05, 0.1) is 16.6 Å². The lowest BCUT2D eigenvalue weighted by molar-refractivity contribution is 0.0953. The minimum atomic E-state index is -0.208. The molecule has 4 aromatic rings. The maximum Gasteiger partial charge on any atom is 0.254 e. The molecule has 1 amide bonds. The highest BCUT2D eigenvalue weighted by molar-refractivity contribution is 5.93. The zero-order valence-electron chi connectivity index (χ0n) is 14.8. The summed E-state index contributed by atoms with van der Waals surface area (Å²) in [5, 5.41) is 2.87. The molecular formula is C20H18N6O. The summed E-state index contributed by atoms with van der Waals surface area (Å²) in [6.45, 7) is 2.51. The van der Waals surface area contributed by atoms with Gasteiger partial charge < -0.3 is 10.3 Å². The van der Waals surface area contributed by atoms with Gasteiger partial charge in [-0.05, 0) is 30.7 Å². The van der Waals surface area contributed by atoms with Gasteiger partial charge in [-0.2, -0.15) is 0 Å². The highest BCUT2D eigenvalue weighted by atomic mass is 16.1. The van der Waals surface area contributed by atoms with Crippen molar-refractivity contribution in [2.75, 3.05) is 6.54 Å². The van der Waals surface area contributed by atoms with Crippen molar-refractivity contribution in [1.82, 2.24) is 30.2 Å². The summed E-state index contributed by atoms with van der Waals surface area (Å²) in [7, 11) is 0. The third-order valence-corrected chi connectivity index (χ3v) is 4.24. The number of aromatic amines is 1. The number of benzene rings is 1. The largest absolute Gasteiger partial charge is 0.351 e. The van der Waals surface area contributed by atoms with Crippen LogP contribution in [0.5, 0.6) is 0 Å². The molecule has 0 saturated heterocycles. The molecule has 7 heteroatoms. The number of amides is 1. The number of aryl methyl sites for hydroxylation is 1. The Hall–Kier alpha value is -3.61. The third kappa shape index (κ3) is 3.67. The Morgan fingerprint density at radius 1 is 1.11 bits per heavy atom. The van der Waals surface area contributed by atoms with Gasteiger partial charge in [0.2, 0.25) is 0 Å². The first kappa shape index (κ1) is 16.8. The Morgan fingerprint density at radius 2 is 1.96 bits per heavy atom. The van der Waals surface area contributed by atoms with Gasteiger partial charge in [0, 0.05) is 43.3 Å². The van der Waals surface area contributed by atoms with E-state index in [1.54, 1.807) is 12.4 Å². The minimum absolute atomic E-state index is 0.208. The van der Waals surface area contributed by atoms with E-state index in [1.165, 1.54) is 12.4 Å². The molecule has 0 atom stereocenters. The number of aromatic nitrogens is 5. The van der Waals surface area contributed by atoms with Crippen LogP contribution in [-0.4, -0.2) is 37.4 Å². The predicted octanol–water partition coefficient (Wildman–Crippen LogP) is 2.70. The van der Waals surface area contributed by atoms with E-state index < -0.39 is 0 Å². The molecule has 0 radical (unpaired) electrons. The number of nitrogens with zero attached hydrogens (tertiary/aromatic N) is 4. The Labute approximate surface area is 155 Å². The zero-order chi connectivity index (χ0) is 18.6. The van der Waals surface area contributed by atoms with Gasteiger partial charge >= 0.3 is 0 Å². The molecule has 0 unspecified atom stereocenters. The molecule has 0 bridgehead atoms. The Kier molecular flexibility index (Phi) is 4.57. The third-order valence-electron chi connectivity index (χ3n) is 4.24. The second kappa shape index (κ2) is 7.33. The summed E-state index contributed by atoms with van der Waals surface area (Å²) in [5.41, 5.74) is 4.34. The molecule has 0 aliphatic carbocycles. The lowest BCUT2D eigenvalue weighted by atomic mass is 10.2. The fraction of sp³-hybridized carbons (Fsp3) is 0.150. The van der Waals surface area contributed by atoms with Crippen LogP contribution in [0.25, 0.3) is 22.4 Å². The van der Waals surface area contributed by atoms with E-state index in [2.05, 4.69) is 30.2 Å². The Bertz CT molecular complexity index is 1070. The molecule has 0 aliphatic heterocycles. The molecule has 2 N–H and O–H groups in total. The molecule has 4 rings (SSSR count). The number of nitrogens with one attached hydrogen (secondary N) is 2. The van der Waals surface area contributed by atoms with Crippen molar-refractivity contribution in [2.24, 2.45) is 0 Å². The van der Waals surface area contributed by atoms with Crippen LogP contribution in [-0.2, 0) is 6.42 Å². The molecule has 0 aliphatic rings. The van der Waals surface area contributed by atoms with Crippen molar-refractivity contribution < 1.29 is 4.79 Å². The summed E-state index contributed by atoms with van der Waals surface area (Å²) >= 11 is 0. The highest BCUT2D eigenvalue weighted by Crippen LogP contribution is 2.15. The van der Waals surface area contributed by atoms with Gasteiger partial charge in [0.1, 0.15) is 5.82 Å². The van der Waals surface area contributed by atoms with Crippen molar-refractivity contribution >= 4 is 16.9 Å². The van der Waals surface area contributed by atoms with Gasteiger partial charge in [-0.25, -0.2) is 15.0 Å². The second-order valence-corrected chi connectivity index (χ2v) is 6.20. The lowest BCUT2D eigenvalue weighted by Gasteiger charge is -2.04. The summed E-state index contributed by atoms with van der Waals surface area (Å²) in [6.07, 6.45) is 7.04. The van der Waals surface area contributed by atoms with Crippen LogP contribution in [0.1, 0.15) is 21.7 Å². The number of carbonyl (C=O) groups excluding carboxylic acids is 1. The van der Waals surface area contributed by atoms with Gasteiger partial charge in [0.15, 0.2) is 5.82 Å². The molecular weight excluding hydrogens is 340 g/mol. The first-order chi connectivity index (χ1) is 13.2. The first-order valence-electron chi connectivity index (χ1n) is 8.65. The second-order valence-electron chi connectivity index (χ2n) is 6.20. The van der Waals surface area contributed by atoms with E-state index in [0.717, 1.165) is 28.0 Å². The van der Waals surface area contributed by atoms with E-state index in [-0.39, 0.29) is 5.91 Å². The molecule has 27 heavy (non-hydrogen) atoms. The number of fused-ring (bicyclic) bond motifs is 1. The van der Waals surface area contributed by atoms with Crippen LogP contribution in [0.4, 0.5) is 0 Å². The van der Waals surface area contributed by atoms with Gasteiger partial charge in [-0.1, -0.05) is 12.1 Å². The number of imidazole rings is 1. The number of carbonyl (C=O) groups is 1. The lowest BCUT2D eigenvalue weighted by Crippen LogP contribution is -2.26. The number of hydrogen-bond acceptors (Lipinski definition) is 5. The maximum absolute atomic E-state index is 12.3. The smallest absolute Gasteiger partial charge is 0.254 e. The standard InChI is InChI=1S/C20H18N6O/c1-13-4-2-6-16-18(13)26-17(25-16)7-9-22-20(27)15-11-23-19(24-12-15)14-5-3-8-21-10-14/h2-6,8,10-12H,7,9H2,1H3,(H,22,27)(H,25,26). The van der Waals surface area contributed by atoms with Crippen molar-refractivity contribution in [1.29, 1.82) is 0 Å². The Balaban J connectivity index is 1.37. The summed E-state index contributed by atoms with van der Waals surface area (Å²) < 4.78 is 0. The quantitative estimate of drug-likeness (QED) is 0.572. The molecule has 134 valence electrons. The van der Waals surface area contributed by atoms with Crippen molar-refractivity contribution in [3.8, 4) is 11.4 Å². The number of hydrogen-bond donors (Lipinski definition) is 2. The van der Waals surface area contributed by atoms with Crippen molar-refractivity contribution in [2.45, 2.75) is 13.3 Å². The van der Waals surface area contributed by atoms with Crippen LogP contribution >= 0.6 is 0 Å². The molecule has 7 nitrogen and oxygen atoms in total. The maximum atomic E-state index is 12.3.